The van der Waals surface area contributed by atoms with Crippen molar-refractivity contribution in [3.05, 3.63) is 51.4 Å². The maximum atomic E-state index is 13.0. The van der Waals surface area contributed by atoms with Gasteiger partial charge in [0.1, 0.15) is 5.82 Å². The van der Waals surface area contributed by atoms with Crippen molar-refractivity contribution >= 4 is 34.5 Å². The number of hydrogen-bond donors (Lipinski definition) is 1. The van der Waals surface area contributed by atoms with Crippen molar-refractivity contribution in [3.63, 3.8) is 0 Å². The van der Waals surface area contributed by atoms with Crippen molar-refractivity contribution in [2.75, 3.05) is 38.0 Å². The maximum absolute atomic E-state index is 13.0. The standard InChI is InChI=1S/C17H19ClFN3OS/c18-15-10-13(19)3-4-16(15)20-17(23)12-22-7-5-21(6-8-22)11-14-2-1-9-24-14/h1-4,9-10H,5-8,11-12H2,(H,20,23). The highest BCUT2D eigenvalue weighted by Gasteiger charge is 2.19. The van der Waals surface area contributed by atoms with Crippen LogP contribution >= 0.6 is 22.9 Å². The number of nitrogens with zero attached hydrogens (tertiary/aromatic N) is 2. The molecule has 0 spiro atoms. The Morgan fingerprint density at radius 3 is 2.62 bits per heavy atom. The summed E-state index contributed by atoms with van der Waals surface area (Å²) < 4.78 is 13.0. The molecule has 4 nitrogen and oxygen atoms in total. The average molecular weight is 368 g/mol. The monoisotopic (exact) mass is 367 g/mol. The van der Waals surface area contributed by atoms with Gasteiger partial charge >= 0.3 is 0 Å². The van der Waals surface area contributed by atoms with Gasteiger partial charge in [0, 0.05) is 37.6 Å². The van der Waals surface area contributed by atoms with Crippen molar-refractivity contribution in [3.8, 4) is 0 Å². The van der Waals surface area contributed by atoms with Crippen molar-refractivity contribution in [1.29, 1.82) is 0 Å². The lowest BCUT2D eigenvalue weighted by atomic mass is 10.3. The third kappa shape index (κ3) is 4.77. The van der Waals surface area contributed by atoms with Crippen LogP contribution in [0.25, 0.3) is 0 Å². The number of benzene rings is 1. The first-order valence-corrected chi connectivity index (χ1v) is 9.08. The Labute approximate surface area is 149 Å². The summed E-state index contributed by atoms with van der Waals surface area (Å²) in [6, 6.07) is 8.18. The average Bonchev–Trinajstić information content (AvgIpc) is 3.05. The zero-order valence-corrected chi connectivity index (χ0v) is 14.7. The van der Waals surface area contributed by atoms with E-state index in [0.717, 1.165) is 32.7 Å². The van der Waals surface area contributed by atoms with Crippen molar-refractivity contribution in [1.82, 2.24) is 9.80 Å². The predicted molar refractivity (Wildman–Crippen MR) is 96.1 cm³/mol. The highest BCUT2D eigenvalue weighted by atomic mass is 35.5. The van der Waals surface area contributed by atoms with Crippen LogP contribution in [0.4, 0.5) is 10.1 Å². The van der Waals surface area contributed by atoms with E-state index in [9.17, 15) is 9.18 Å². The van der Waals surface area contributed by atoms with Crippen LogP contribution in [0.15, 0.2) is 35.7 Å². The second kappa shape index (κ2) is 8.07. The molecule has 0 bridgehead atoms. The fourth-order valence-electron chi connectivity index (χ4n) is 2.71. The summed E-state index contributed by atoms with van der Waals surface area (Å²) in [7, 11) is 0. The maximum Gasteiger partial charge on any atom is 0.238 e. The van der Waals surface area contributed by atoms with Gasteiger partial charge in [-0.1, -0.05) is 17.7 Å². The fraction of sp³-hybridized carbons (Fsp3) is 0.353. The van der Waals surface area contributed by atoms with E-state index in [1.165, 1.54) is 23.1 Å². The largest absolute Gasteiger partial charge is 0.324 e. The topological polar surface area (TPSA) is 35.6 Å². The first-order chi connectivity index (χ1) is 11.6. The number of hydrogen-bond acceptors (Lipinski definition) is 4. The van der Waals surface area contributed by atoms with Crippen molar-refractivity contribution < 1.29 is 9.18 Å². The van der Waals surface area contributed by atoms with E-state index < -0.39 is 5.82 Å². The van der Waals surface area contributed by atoms with Crippen LogP contribution in [0.3, 0.4) is 0 Å². The summed E-state index contributed by atoms with van der Waals surface area (Å²) in [4.78, 5) is 18.0. The summed E-state index contributed by atoms with van der Waals surface area (Å²) in [5.74, 6) is -0.546. The molecule has 1 aromatic heterocycles. The van der Waals surface area contributed by atoms with Gasteiger partial charge in [-0.25, -0.2) is 4.39 Å². The number of halogens is 2. The van der Waals surface area contributed by atoms with Gasteiger partial charge in [0.05, 0.1) is 17.3 Å². The SMILES string of the molecule is O=C(CN1CCN(Cc2cccs2)CC1)Nc1ccc(F)cc1Cl. The molecule has 128 valence electrons. The minimum atomic E-state index is -0.417. The molecule has 0 radical (unpaired) electrons. The zero-order valence-electron chi connectivity index (χ0n) is 13.2. The van der Waals surface area contributed by atoms with E-state index in [1.807, 2.05) is 0 Å². The molecule has 0 atom stereocenters. The van der Waals surface area contributed by atoms with Gasteiger partial charge in [-0.2, -0.15) is 0 Å². The molecule has 0 unspecified atom stereocenters. The molecule has 1 fully saturated rings. The van der Waals surface area contributed by atoms with E-state index >= 15 is 0 Å². The summed E-state index contributed by atoms with van der Waals surface area (Å²) in [5.41, 5.74) is 0.444. The highest BCUT2D eigenvalue weighted by Crippen LogP contribution is 2.22. The molecule has 1 aliphatic rings. The van der Waals surface area contributed by atoms with Gasteiger partial charge < -0.3 is 5.32 Å². The first kappa shape index (κ1) is 17.4. The van der Waals surface area contributed by atoms with Gasteiger partial charge in [-0.05, 0) is 29.6 Å². The Morgan fingerprint density at radius 2 is 1.96 bits per heavy atom. The third-order valence-electron chi connectivity index (χ3n) is 4.00. The number of thiophene rings is 1. The first-order valence-electron chi connectivity index (χ1n) is 7.82. The van der Waals surface area contributed by atoms with Gasteiger partial charge in [0.25, 0.3) is 0 Å². The molecule has 2 aromatic rings. The minimum absolute atomic E-state index is 0.129. The lowest BCUT2D eigenvalue weighted by Crippen LogP contribution is -2.48. The van der Waals surface area contributed by atoms with E-state index in [-0.39, 0.29) is 10.9 Å². The van der Waals surface area contributed by atoms with Crippen LogP contribution < -0.4 is 5.32 Å². The molecule has 1 saturated heterocycles. The van der Waals surface area contributed by atoms with E-state index in [2.05, 4.69) is 32.6 Å². The lowest BCUT2D eigenvalue weighted by molar-refractivity contribution is -0.117. The second-order valence-electron chi connectivity index (χ2n) is 5.80. The number of piperazine rings is 1. The smallest absolute Gasteiger partial charge is 0.238 e. The minimum Gasteiger partial charge on any atom is -0.324 e. The Kier molecular flexibility index (Phi) is 5.84. The number of anilines is 1. The highest BCUT2D eigenvalue weighted by molar-refractivity contribution is 7.09. The third-order valence-corrected chi connectivity index (χ3v) is 5.17. The fourth-order valence-corrected chi connectivity index (χ4v) is 3.67. The number of nitrogens with one attached hydrogen (secondary N) is 1. The Bertz CT molecular complexity index is 687. The zero-order chi connectivity index (χ0) is 16.9. The Balaban J connectivity index is 1.44. The molecular formula is C17H19ClFN3OS. The molecule has 0 aliphatic carbocycles. The normalized spacial score (nSPS) is 16.2. The quantitative estimate of drug-likeness (QED) is 0.880. The van der Waals surface area contributed by atoms with Gasteiger partial charge in [-0.3, -0.25) is 14.6 Å². The van der Waals surface area contributed by atoms with E-state index in [1.54, 1.807) is 11.3 Å². The molecule has 2 heterocycles. The molecule has 24 heavy (non-hydrogen) atoms. The molecule has 1 amide bonds. The van der Waals surface area contributed by atoms with Crippen LogP contribution in [0.2, 0.25) is 5.02 Å². The summed E-state index contributed by atoms with van der Waals surface area (Å²) in [6.07, 6.45) is 0. The van der Waals surface area contributed by atoms with Crippen molar-refractivity contribution in [2.24, 2.45) is 0 Å². The van der Waals surface area contributed by atoms with Crippen molar-refractivity contribution in [2.45, 2.75) is 6.54 Å². The second-order valence-corrected chi connectivity index (χ2v) is 7.24. The van der Waals surface area contributed by atoms with Gasteiger partial charge in [0.15, 0.2) is 0 Å². The lowest BCUT2D eigenvalue weighted by Gasteiger charge is -2.34. The Hall–Kier alpha value is -1.47. The number of rotatable bonds is 5. The van der Waals surface area contributed by atoms with Gasteiger partial charge in [0.2, 0.25) is 5.91 Å². The predicted octanol–water partition coefficient (Wildman–Crippen LogP) is 3.30. The number of carbonyl (C=O) groups is 1. The van der Waals surface area contributed by atoms with Crippen LogP contribution in [0.1, 0.15) is 4.88 Å². The summed E-state index contributed by atoms with van der Waals surface area (Å²) >= 11 is 7.70. The summed E-state index contributed by atoms with van der Waals surface area (Å²) in [6.45, 7) is 4.90. The molecule has 1 N–H and O–H groups in total. The van der Waals surface area contributed by atoms with Crippen LogP contribution in [-0.4, -0.2) is 48.4 Å². The number of amides is 1. The molecular weight excluding hydrogens is 349 g/mol. The number of carbonyl (C=O) groups excluding carboxylic acids is 1. The molecule has 0 saturated carbocycles. The molecule has 3 rings (SSSR count). The van der Waals surface area contributed by atoms with Crippen LogP contribution in [0, 0.1) is 5.82 Å². The molecule has 1 aliphatic heterocycles. The summed E-state index contributed by atoms with van der Waals surface area (Å²) in [5, 5.41) is 5.05. The van der Waals surface area contributed by atoms with Crippen LogP contribution in [-0.2, 0) is 11.3 Å². The Morgan fingerprint density at radius 1 is 1.21 bits per heavy atom. The van der Waals surface area contributed by atoms with Crippen LogP contribution in [0.5, 0.6) is 0 Å². The van der Waals surface area contributed by atoms with Gasteiger partial charge in [-0.15, -0.1) is 11.3 Å². The van der Waals surface area contributed by atoms with E-state index in [4.69, 9.17) is 11.6 Å². The van der Waals surface area contributed by atoms with E-state index in [0.29, 0.717) is 12.2 Å². The molecule has 7 heteroatoms. The molecule has 1 aromatic carbocycles.